The maximum absolute atomic E-state index is 2.46. The summed E-state index contributed by atoms with van der Waals surface area (Å²) in [6, 6.07) is 56.5. The molecule has 9 rings (SSSR count). The van der Waals surface area contributed by atoms with Crippen LogP contribution in [-0.4, -0.2) is 13.7 Å². The van der Waals surface area contributed by atoms with Crippen molar-refractivity contribution < 1.29 is 0 Å². The zero-order valence-corrected chi connectivity index (χ0v) is 23.4. The number of nitrogens with zero attached hydrogens (tertiary/aromatic N) is 3. The summed E-state index contributed by atoms with van der Waals surface area (Å²) in [6.07, 6.45) is 2.31. The summed E-state index contributed by atoms with van der Waals surface area (Å²) in [5.41, 5.74) is 10.6. The van der Waals surface area contributed by atoms with E-state index in [1.807, 2.05) is 0 Å². The Labute approximate surface area is 249 Å². The Kier molecular flexibility index (Phi) is 5.20. The van der Waals surface area contributed by atoms with E-state index in [0.717, 1.165) is 17.1 Å². The van der Waals surface area contributed by atoms with Crippen LogP contribution in [0.1, 0.15) is 0 Å². The Morgan fingerprint density at radius 3 is 1.67 bits per heavy atom. The van der Waals surface area contributed by atoms with Gasteiger partial charge in [-0.25, -0.2) is 0 Å². The average molecular weight is 550 g/mol. The predicted molar refractivity (Wildman–Crippen MR) is 180 cm³/mol. The first-order chi connectivity index (χ1) is 21.4. The summed E-state index contributed by atoms with van der Waals surface area (Å²) in [5.74, 6) is 0. The molecule has 202 valence electrons. The molecule has 0 saturated carbocycles. The van der Waals surface area contributed by atoms with E-state index in [9.17, 15) is 0 Å². The zero-order chi connectivity index (χ0) is 28.3. The van der Waals surface area contributed by atoms with Gasteiger partial charge in [0.25, 0.3) is 0 Å². The molecular formula is C40H27N3. The first kappa shape index (κ1) is 23.9. The Morgan fingerprint density at radius 2 is 0.953 bits per heavy atom. The minimum atomic E-state index is 1.13. The van der Waals surface area contributed by atoms with Crippen molar-refractivity contribution >= 4 is 43.7 Å². The molecule has 3 heterocycles. The largest absolute Gasteiger partial charge is 0.314 e. The Balaban J connectivity index is 1.48. The highest BCUT2D eigenvalue weighted by Gasteiger charge is 2.24. The summed E-state index contributed by atoms with van der Waals surface area (Å²) in [6.45, 7) is 0. The van der Waals surface area contributed by atoms with Crippen molar-refractivity contribution in [3.05, 3.63) is 164 Å². The molecule has 0 aliphatic carbocycles. The number of benzene rings is 6. The lowest BCUT2D eigenvalue weighted by Gasteiger charge is -2.15. The zero-order valence-electron chi connectivity index (χ0n) is 23.4. The van der Waals surface area contributed by atoms with Crippen LogP contribution in [0.2, 0.25) is 0 Å². The van der Waals surface area contributed by atoms with Gasteiger partial charge in [0.2, 0.25) is 0 Å². The van der Waals surface area contributed by atoms with Crippen LogP contribution >= 0.6 is 0 Å². The smallest absolute Gasteiger partial charge is 0.131 e. The maximum Gasteiger partial charge on any atom is 0.131 e. The first-order valence-electron chi connectivity index (χ1n) is 14.7. The minimum Gasteiger partial charge on any atom is -0.314 e. The van der Waals surface area contributed by atoms with E-state index in [4.69, 9.17) is 0 Å². The molecule has 0 fully saturated rings. The van der Waals surface area contributed by atoms with E-state index in [1.165, 1.54) is 54.9 Å². The van der Waals surface area contributed by atoms with Gasteiger partial charge in [-0.15, -0.1) is 0 Å². The molecule has 9 aromatic rings. The molecular weight excluding hydrogens is 522 g/mol. The van der Waals surface area contributed by atoms with E-state index in [1.54, 1.807) is 0 Å². The molecule has 0 bridgehead atoms. The van der Waals surface area contributed by atoms with E-state index in [0.29, 0.717) is 0 Å². The summed E-state index contributed by atoms with van der Waals surface area (Å²) in [4.78, 5) is 0. The van der Waals surface area contributed by atoms with Gasteiger partial charge in [0.15, 0.2) is 0 Å². The predicted octanol–water partition coefficient (Wildman–Crippen LogP) is 10.3. The number of rotatable bonds is 4. The van der Waals surface area contributed by atoms with Gasteiger partial charge in [-0.05, 0) is 48.0 Å². The van der Waals surface area contributed by atoms with Crippen molar-refractivity contribution in [3.63, 3.8) is 0 Å². The minimum absolute atomic E-state index is 1.13. The second kappa shape index (κ2) is 9.37. The second-order valence-corrected chi connectivity index (χ2v) is 11.0. The molecule has 0 amide bonds. The fourth-order valence-corrected chi connectivity index (χ4v) is 6.87. The van der Waals surface area contributed by atoms with E-state index in [2.05, 4.69) is 178 Å². The van der Waals surface area contributed by atoms with Crippen LogP contribution in [0.4, 0.5) is 0 Å². The van der Waals surface area contributed by atoms with Crippen LogP contribution in [0, 0.1) is 0 Å². The Morgan fingerprint density at radius 1 is 0.395 bits per heavy atom. The lowest BCUT2D eigenvalue weighted by molar-refractivity contribution is 1.05. The molecule has 0 saturated heterocycles. The number of para-hydroxylation sites is 5. The SMILES string of the molecule is c1ccc(-c2cn(-c3cccc4c5c6ccccc6n(-c6ccccc6)c5n(-c5ccccc5)c34)c3ccccc23)cc1. The molecule has 0 aliphatic rings. The summed E-state index contributed by atoms with van der Waals surface area (Å²) in [7, 11) is 0. The lowest BCUT2D eigenvalue weighted by Crippen LogP contribution is -2.03. The highest BCUT2D eigenvalue weighted by molar-refractivity contribution is 6.23. The van der Waals surface area contributed by atoms with E-state index < -0.39 is 0 Å². The van der Waals surface area contributed by atoms with Crippen LogP contribution < -0.4 is 0 Å². The molecule has 3 heteroatoms. The highest BCUT2D eigenvalue weighted by Crippen LogP contribution is 2.43. The third kappa shape index (κ3) is 3.49. The molecule has 0 aliphatic heterocycles. The summed E-state index contributed by atoms with van der Waals surface area (Å²) >= 11 is 0. The third-order valence-corrected chi connectivity index (χ3v) is 8.65. The summed E-state index contributed by atoms with van der Waals surface area (Å²) < 4.78 is 7.27. The number of hydrogen-bond donors (Lipinski definition) is 0. The monoisotopic (exact) mass is 549 g/mol. The van der Waals surface area contributed by atoms with Gasteiger partial charge in [0.05, 0.1) is 22.2 Å². The molecule has 0 radical (unpaired) electrons. The average Bonchev–Trinajstić information content (AvgIpc) is 3.74. The standard InChI is InChI=1S/C40H27N3/c1-4-15-28(16-5-1)34-27-41(35-24-12-10-21-31(34)35)37-26-14-23-33-38-32-22-11-13-25-36(32)42(29-17-6-2-7-18-29)40(38)43(39(33)37)30-19-8-3-9-20-30/h1-27H. The van der Waals surface area contributed by atoms with Gasteiger partial charge in [-0.1, -0.05) is 115 Å². The number of hydrogen-bond acceptors (Lipinski definition) is 0. The van der Waals surface area contributed by atoms with Crippen LogP contribution in [-0.2, 0) is 0 Å². The van der Waals surface area contributed by atoms with Crippen LogP contribution in [0.25, 0.3) is 71.9 Å². The molecule has 3 aromatic heterocycles. The van der Waals surface area contributed by atoms with Gasteiger partial charge in [0, 0.05) is 44.7 Å². The molecule has 0 spiro atoms. The first-order valence-corrected chi connectivity index (χ1v) is 14.7. The number of aromatic nitrogens is 3. The fourth-order valence-electron chi connectivity index (χ4n) is 6.87. The molecule has 43 heavy (non-hydrogen) atoms. The van der Waals surface area contributed by atoms with E-state index in [-0.39, 0.29) is 0 Å². The quantitative estimate of drug-likeness (QED) is 0.207. The van der Waals surface area contributed by atoms with Crippen molar-refractivity contribution in [1.82, 2.24) is 13.7 Å². The van der Waals surface area contributed by atoms with Crippen LogP contribution in [0.15, 0.2) is 164 Å². The second-order valence-electron chi connectivity index (χ2n) is 11.0. The fraction of sp³-hybridized carbons (Fsp3) is 0. The normalized spacial score (nSPS) is 11.7. The van der Waals surface area contributed by atoms with Crippen LogP contribution in [0.3, 0.4) is 0 Å². The lowest BCUT2D eigenvalue weighted by atomic mass is 10.1. The van der Waals surface area contributed by atoms with Gasteiger partial charge >= 0.3 is 0 Å². The van der Waals surface area contributed by atoms with Crippen LogP contribution in [0.5, 0.6) is 0 Å². The summed E-state index contributed by atoms with van der Waals surface area (Å²) in [5, 5.41) is 4.99. The van der Waals surface area contributed by atoms with Gasteiger partial charge < -0.3 is 4.57 Å². The van der Waals surface area contributed by atoms with Gasteiger partial charge in [-0.3, -0.25) is 9.13 Å². The molecule has 0 unspecified atom stereocenters. The van der Waals surface area contributed by atoms with Crippen molar-refractivity contribution in [2.45, 2.75) is 0 Å². The van der Waals surface area contributed by atoms with Gasteiger partial charge in [-0.2, -0.15) is 0 Å². The Hall–Kier alpha value is -5.80. The van der Waals surface area contributed by atoms with Crippen molar-refractivity contribution in [1.29, 1.82) is 0 Å². The molecule has 0 N–H and O–H groups in total. The molecule has 6 aromatic carbocycles. The Bertz CT molecular complexity index is 2430. The maximum atomic E-state index is 2.46. The van der Waals surface area contributed by atoms with Crippen molar-refractivity contribution in [2.75, 3.05) is 0 Å². The number of fused-ring (bicyclic) bond motifs is 6. The molecule has 3 nitrogen and oxygen atoms in total. The highest BCUT2D eigenvalue weighted by atomic mass is 15.2. The molecule has 0 atom stereocenters. The third-order valence-electron chi connectivity index (χ3n) is 8.65. The van der Waals surface area contributed by atoms with Gasteiger partial charge in [0.1, 0.15) is 5.65 Å². The van der Waals surface area contributed by atoms with E-state index >= 15 is 0 Å². The van der Waals surface area contributed by atoms with Crippen molar-refractivity contribution in [2.24, 2.45) is 0 Å². The van der Waals surface area contributed by atoms with Crippen molar-refractivity contribution in [3.8, 4) is 28.2 Å². The topological polar surface area (TPSA) is 14.8 Å².